The Hall–Kier alpha value is -2.51. The van der Waals surface area contributed by atoms with Crippen LogP contribution in [0.4, 0.5) is 5.69 Å². The van der Waals surface area contributed by atoms with Gasteiger partial charge < -0.3 is 20.6 Å². The van der Waals surface area contributed by atoms with Crippen LogP contribution in [-0.4, -0.2) is 34.2 Å². The van der Waals surface area contributed by atoms with Crippen molar-refractivity contribution in [1.82, 2.24) is 10.2 Å². The van der Waals surface area contributed by atoms with Crippen molar-refractivity contribution >= 4 is 49.2 Å². The summed E-state index contributed by atoms with van der Waals surface area (Å²) in [6.07, 6.45) is 0.0185. The van der Waals surface area contributed by atoms with Gasteiger partial charge in [-0.3, -0.25) is 9.35 Å². The van der Waals surface area contributed by atoms with Gasteiger partial charge >= 0.3 is 0 Å². The van der Waals surface area contributed by atoms with Crippen LogP contribution >= 0.6 is 27.5 Å². The number of nitrogens with zero attached hydrogens (tertiary/aromatic N) is 2. The van der Waals surface area contributed by atoms with E-state index in [1.165, 1.54) is 0 Å². The quantitative estimate of drug-likeness (QED) is 0.263. The van der Waals surface area contributed by atoms with Crippen molar-refractivity contribution in [2.45, 2.75) is 23.8 Å². The molecule has 0 spiro atoms. The molecule has 0 saturated heterocycles. The molecule has 3 aromatic rings. The maximum absolute atomic E-state index is 12.2. The topological polar surface area (TPSA) is 169 Å². The lowest BCUT2D eigenvalue weighted by Gasteiger charge is -2.11. The average molecular weight is 532 g/mol. The van der Waals surface area contributed by atoms with Gasteiger partial charge in [-0.05, 0) is 42.8 Å². The smallest absolute Gasteiger partial charge is 0.298 e. The molecule has 3 rings (SSSR count). The molecule has 0 bridgehead atoms. The maximum atomic E-state index is 12.2. The van der Waals surface area contributed by atoms with Gasteiger partial charge in [0.25, 0.3) is 10.1 Å². The largest absolute Gasteiger partial charge is 0.504 e. The number of carbonyl (C=O) groups excluding carboxylic acids is 1. The van der Waals surface area contributed by atoms with Crippen molar-refractivity contribution in [3.63, 3.8) is 0 Å². The summed E-state index contributed by atoms with van der Waals surface area (Å²) < 4.78 is 38.2. The van der Waals surface area contributed by atoms with Gasteiger partial charge in [-0.25, -0.2) is 0 Å². The van der Waals surface area contributed by atoms with Gasteiger partial charge in [-0.1, -0.05) is 27.5 Å². The summed E-state index contributed by atoms with van der Waals surface area (Å²) in [5, 5.41) is 20.1. The van der Waals surface area contributed by atoms with Crippen LogP contribution in [0.1, 0.15) is 24.8 Å². The Labute approximate surface area is 190 Å². The number of halogens is 2. The minimum Gasteiger partial charge on any atom is -0.504 e. The molecule has 0 fully saturated rings. The molecule has 1 heterocycles. The summed E-state index contributed by atoms with van der Waals surface area (Å²) in [5.41, 5.74) is 6.46. The Morgan fingerprint density at radius 3 is 2.58 bits per heavy atom. The van der Waals surface area contributed by atoms with Crippen LogP contribution in [0.15, 0.2) is 50.2 Å². The molecule has 0 aliphatic carbocycles. The molecule has 0 saturated carbocycles. The molecule has 0 radical (unpaired) electrons. The third-order valence-corrected chi connectivity index (χ3v) is 5.74. The number of phenolic OH excluding ortho intramolecular Hbond substituents is 1. The number of hydrogen-bond acceptors (Lipinski definition) is 8. The van der Waals surface area contributed by atoms with Crippen LogP contribution in [0.25, 0.3) is 11.5 Å². The number of benzene rings is 2. The molecule has 1 aromatic heterocycles. The second-order valence-electron chi connectivity index (χ2n) is 6.42. The Morgan fingerprint density at radius 2 is 1.94 bits per heavy atom. The van der Waals surface area contributed by atoms with Crippen LogP contribution in [0, 0.1) is 0 Å². The van der Waals surface area contributed by atoms with Crippen LogP contribution in [0.3, 0.4) is 0 Å². The molecule has 0 aliphatic heterocycles. The number of rotatable bonds is 7. The number of nitrogens with one attached hydrogen (secondary N) is 1. The van der Waals surface area contributed by atoms with E-state index in [2.05, 4.69) is 31.4 Å². The van der Waals surface area contributed by atoms with Gasteiger partial charge in [-0.15, -0.1) is 10.2 Å². The van der Waals surface area contributed by atoms with Crippen LogP contribution in [-0.2, 0) is 14.9 Å². The Bertz CT molecular complexity index is 1220. The summed E-state index contributed by atoms with van der Waals surface area (Å²) in [6, 6.07) is 8.49. The standard InChI is InChI=1S/C18H16BrClN4O6S/c19-10-3-1-9(2-4-10)17-23-24-18(30-17)12(21)5-6-15(25)22-13-7-11(20)8-14(16(13)26)31(27,28)29/h1-4,7-8,12,26H,5-6,21H2,(H,22,25)(H,27,28,29). The number of aromatic nitrogens is 2. The monoisotopic (exact) mass is 530 g/mol. The van der Waals surface area contributed by atoms with Crippen LogP contribution < -0.4 is 11.1 Å². The predicted octanol–water partition coefficient (Wildman–Crippen LogP) is 3.52. The van der Waals surface area contributed by atoms with Gasteiger partial charge in [0.05, 0.1) is 11.7 Å². The molecule has 10 nitrogen and oxygen atoms in total. The minimum absolute atomic E-state index is 0.107. The maximum Gasteiger partial charge on any atom is 0.298 e. The lowest BCUT2D eigenvalue weighted by molar-refractivity contribution is -0.116. The first-order valence-electron chi connectivity index (χ1n) is 8.69. The highest BCUT2D eigenvalue weighted by molar-refractivity contribution is 9.10. The number of nitrogens with two attached hydrogens (primary N) is 1. The molecule has 1 amide bonds. The summed E-state index contributed by atoms with van der Waals surface area (Å²) in [5.74, 6) is -0.989. The SMILES string of the molecule is NC(CCC(=O)Nc1cc(Cl)cc(S(=O)(=O)O)c1O)c1nnc(-c2ccc(Br)cc2)o1. The van der Waals surface area contributed by atoms with Crippen molar-refractivity contribution in [3.05, 3.63) is 51.8 Å². The number of phenols is 1. The zero-order chi connectivity index (χ0) is 22.8. The predicted molar refractivity (Wildman–Crippen MR) is 115 cm³/mol. The van der Waals surface area contributed by atoms with Crippen LogP contribution in [0.2, 0.25) is 5.02 Å². The highest BCUT2D eigenvalue weighted by Gasteiger charge is 2.22. The fourth-order valence-electron chi connectivity index (χ4n) is 2.58. The zero-order valence-electron chi connectivity index (χ0n) is 15.6. The fourth-order valence-corrected chi connectivity index (χ4v) is 3.76. The van der Waals surface area contributed by atoms with E-state index in [-0.39, 0.29) is 35.3 Å². The first-order chi connectivity index (χ1) is 14.5. The lowest BCUT2D eigenvalue weighted by atomic mass is 10.1. The second-order valence-corrected chi connectivity index (χ2v) is 9.16. The summed E-state index contributed by atoms with van der Waals surface area (Å²) in [4.78, 5) is 11.4. The first-order valence-corrected chi connectivity index (χ1v) is 11.3. The van der Waals surface area contributed by atoms with Gasteiger partial charge in [0.1, 0.15) is 4.90 Å². The lowest BCUT2D eigenvalue weighted by Crippen LogP contribution is -2.17. The molecule has 1 atom stereocenters. The van der Waals surface area contributed by atoms with Crippen molar-refractivity contribution in [1.29, 1.82) is 0 Å². The van der Waals surface area contributed by atoms with E-state index >= 15 is 0 Å². The van der Waals surface area contributed by atoms with E-state index in [1.807, 2.05) is 12.1 Å². The summed E-state index contributed by atoms with van der Waals surface area (Å²) in [7, 11) is -4.74. The van der Waals surface area contributed by atoms with E-state index in [1.54, 1.807) is 12.1 Å². The number of amides is 1. The molecule has 1 unspecified atom stereocenters. The fraction of sp³-hybridized carbons (Fsp3) is 0.167. The van der Waals surface area contributed by atoms with Crippen molar-refractivity contribution < 1.29 is 27.3 Å². The van der Waals surface area contributed by atoms with E-state index in [9.17, 15) is 18.3 Å². The van der Waals surface area contributed by atoms with E-state index in [4.69, 9.17) is 26.3 Å². The molecule has 13 heteroatoms. The second kappa shape index (κ2) is 9.32. The zero-order valence-corrected chi connectivity index (χ0v) is 18.8. The third kappa shape index (κ3) is 5.80. The van der Waals surface area contributed by atoms with E-state index in [0.717, 1.165) is 16.6 Å². The van der Waals surface area contributed by atoms with Gasteiger partial charge in [-0.2, -0.15) is 8.42 Å². The number of anilines is 1. The molecular formula is C18H16BrClN4O6S. The van der Waals surface area contributed by atoms with Crippen molar-refractivity contribution in [2.24, 2.45) is 5.73 Å². The van der Waals surface area contributed by atoms with Gasteiger partial charge in [0, 0.05) is 21.5 Å². The Kier molecular flexibility index (Phi) is 6.96. The molecule has 164 valence electrons. The number of aromatic hydroxyl groups is 1. The molecule has 0 aliphatic rings. The minimum atomic E-state index is -4.74. The Morgan fingerprint density at radius 1 is 1.26 bits per heavy atom. The highest BCUT2D eigenvalue weighted by Crippen LogP contribution is 2.34. The van der Waals surface area contributed by atoms with E-state index < -0.39 is 32.7 Å². The third-order valence-electron chi connectivity index (χ3n) is 4.12. The van der Waals surface area contributed by atoms with Crippen molar-refractivity contribution in [3.8, 4) is 17.2 Å². The summed E-state index contributed by atoms with van der Waals surface area (Å²) >= 11 is 9.13. The first kappa shape index (κ1) is 23.2. The van der Waals surface area contributed by atoms with Crippen LogP contribution in [0.5, 0.6) is 5.75 Å². The highest BCUT2D eigenvalue weighted by atomic mass is 79.9. The van der Waals surface area contributed by atoms with E-state index in [0.29, 0.717) is 5.56 Å². The summed E-state index contributed by atoms with van der Waals surface area (Å²) in [6.45, 7) is 0. The number of hydrogen-bond donors (Lipinski definition) is 4. The average Bonchev–Trinajstić information content (AvgIpc) is 3.18. The molecule has 2 aromatic carbocycles. The molecule has 31 heavy (non-hydrogen) atoms. The molecule has 5 N–H and O–H groups in total. The van der Waals surface area contributed by atoms with Gasteiger partial charge in [0.2, 0.25) is 17.7 Å². The Balaban J connectivity index is 1.64. The van der Waals surface area contributed by atoms with Crippen molar-refractivity contribution in [2.75, 3.05) is 5.32 Å². The molecular weight excluding hydrogens is 516 g/mol. The van der Waals surface area contributed by atoms with Gasteiger partial charge in [0.15, 0.2) is 5.75 Å². The normalized spacial score (nSPS) is 12.5. The number of carbonyl (C=O) groups is 1.